The van der Waals surface area contributed by atoms with E-state index in [1.54, 1.807) is 36.4 Å². The maximum Gasteiger partial charge on any atom is 0.270 e. The average molecular weight is 454 g/mol. The second kappa shape index (κ2) is 8.31. The quantitative estimate of drug-likeness (QED) is 0.396. The van der Waals surface area contributed by atoms with Gasteiger partial charge in [-0.1, -0.05) is 24.3 Å². The fraction of sp³-hybridized carbons (Fsp3) is 0.136. The van der Waals surface area contributed by atoms with Crippen molar-refractivity contribution in [2.24, 2.45) is 0 Å². The molecule has 0 fully saturated rings. The van der Waals surface area contributed by atoms with Gasteiger partial charge in [0.1, 0.15) is 23.0 Å². The summed E-state index contributed by atoms with van der Waals surface area (Å²) >= 11 is 0. The number of hydrogen-bond acceptors (Lipinski definition) is 7. The Kier molecular flexibility index (Phi) is 5.54. The monoisotopic (exact) mass is 454 g/mol. The molecule has 32 heavy (non-hydrogen) atoms. The highest BCUT2D eigenvalue weighted by atomic mass is 32.2. The Balaban J connectivity index is 1.57. The first kappa shape index (κ1) is 21.3. The Morgan fingerprint density at radius 2 is 1.72 bits per heavy atom. The average Bonchev–Trinajstić information content (AvgIpc) is 3.00. The van der Waals surface area contributed by atoms with Crippen molar-refractivity contribution >= 4 is 21.6 Å². The van der Waals surface area contributed by atoms with Crippen molar-refractivity contribution in [3.8, 4) is 22.6 Å². The predicted molar refractivity (Wildman–Crippen MR) is 115 cm³/mol. The molecule has 9 nitrogen and oxygen atoms in total. The van der Waals surface area contributed by atoms with Crippen molar-refractivity contribution in [3.63, 3.8) is 0 Å². The van der Waals surface area contributed by atoms with Crippen molar-refractivity contribution in [2.45, 2.75) is 4.90 Å². The van der Waals surface area contributed by atoms with Crippen LogP contribution >= 0.6 is 0 Å². The lowest BCUT2D eigenvalue weighted by Gasteiger charge is -2.17. The molecule has 1 aliphatic rings. The lowest BCUT2D eigenvalue weighted by molar-refractivity contribution is -0.384. The van der Waals surface area contributed by atoms with Gasteiger partial charge < -0.3 is 9.47 Å². The number of carbonyl (C=O) groups excluding carboxylic acids is 1. The van der Waals surface area contributed by atoms with Gasteiger partial charge in [0.15, 0.2) is 0 Å². The van der Waals surface area contributed by atoms with E-state index in [4.69, 9.17) is 9.47 Å². The maximum absolute atomic E-state index is 12.7. The highest BCUT2D eigenvalue weighted by Crippen LogP contribution is 2.35. The molecule has 0 unspecified atom stereocenters. The van der Waals surface area contributed by atoms with E-state index in [2.05, 4.69) is 0 Å². The normalized spacial score (nSPS) is 14.2. The predicted octanol–water partition coefficient (Wildman–Crippen LogP) is 3.49. The first-order valence-corrected chi connectivity index (χ1v) is 11.0. The molecule has 0 atom stereocenters. The molecule has 0 radical (unpaired) electrons. The van der Waals surface area contributed by atoms with E-state index in [0.717, 1.165) is 4.31 Å². The zero-order valence-corrected chi connectivity index (χ0v) is 17.7. The summed E-state index contributed by atoms with van der Waals surface area (Å²) in [6.45, 7) is -0.325. The Morgan fingerprint density at radius 3 is 2.38 bits per heavy atom. The van der Waals surface area contributed by atoms with Gasteiger partial charge in [-0.2, -0.15) is 0 Å². The number of amides is 1. The van der Waals surface area contributed by atoms with Gasteiger partial charge >= 0.3 is 0 Å². The second-order valence-corrected chi connectivity index (χ2v) is 8.72. The highest BCUT2D eigenvalue weighted by Gasteiger charge is 2.40. The number of non-ortho nitro benzene ring substituents is 1. The van der Waals surface area contributed by atoms with Crippen molar-refractivity contribution in [1.82, 2.24) is 4.31 Å². The first-order valence-electron chi connectivity index (χ1n) is 9.54. The molecule has 3 aromatic rings. The van der Waals surface area contributed by atoms with Crippen LogP contribution in [0.3, 0.4) is 0 Å². The Hall–Kier alpha value is -3.92. The smallest absolute Gasteiger partial charge is 0.270 e. The van der Waals surface area contributed by atoms with E-state index in [9.17, 15) is 23.3 Å². The Labute approximate surface area is 184 Å². The van der Waals surface area contributed by atoms with Crippen LogP contribution in [0.5, 0.6) is 11.5 Å². The minimum atomic E-state index is -3.94. The van der Waals surface area contributed by atoms with Crippen LogP contribution in [0, 0.1) is 10.1 Å². The number of nitro benzene ring substituents is 1. The lowest BCUT2D eigenvalue weighted by atomic mass is 10.0. The van der Waals surface area contributed by atoms with Crippen molar-refractivity contribution in [3.05, 3.63) is 82.4 Å². The molecule has 1 aliphatic heterocycles. The third-order valence-electron chi connectivity index (χ3n) is 5.04. The minimum absolute atomic E-state index is 0.0285. The summed E-state index contributed by atoms with van der Waals surface area (Å²) in [7, 11) is -2.41. The van der Waals surface area contributed by atoms with Gasteiger partial charge in [-0.15, -0.1) is 0 Å². The maximum atomic E-state index is 12.7. The SMILES string of the molecule is COc1ccc(-c2cc([N+](=O)[O-])ccc2OCCN2C(=O)c3ccccc3S2(=O)=O)cc1. The van der Waals surface area contributed by atoms with Crippen LogP contribution in [0.2, 0.25) is 0 Å². The van der Waals surface area contributed by atoms with E-state index in [1.807, 2.05) is 0 Å². The molecule has 10 heteroatoms. The molecule has 1 heterocycles. The summed E-state index contributed by atoms with van der Waals surface area (Å²) < 4.78 is 37.0. The van der Waals surface area contributed by atoms with Gasteiger partial charge in [0.25, 0.3) is 21.6 Å². The van der Waals surface area contributed by atoms with Crippen LogP contribution < -0.4 is 9.47 Å². The number of carbonyl (C=O) groups is 1. The molecule has 0 aliphatic carbocycles. The number of benzene rings is 3. The molecule has 0 aromatic heterocycles. The summed E-state index contributed by atoms with van der Waals surface area (Å²) in [5.74, 6) is 0.338. The Bertz CT molecular complexity index is 1300. The fourth-order valence-electron chi connectivity index (χ4n) is 3.44. The van der Waals surface area contributed by atoms with Gasteiger partial charge in [0.05, 0.1) is 24.1 Å². The van der Waals surface area contributed by atoms with Gasteiger partial charge in [0, 0.05) is 17.7 Å². The van der Waals surface area contributed by atoms with Gasteiger partial charge in [-0.05, 0) is 35.9 Å². The zero-order valence-electron chi connectivity index (χ0n) is 16.9. The third-order valence-corrected chi connectivity index (χ3v) is 6.88. The van der Waals surface area contributed by atoms with Crippen LogP contribution in [0.25, 0.3) is 11.1 Å². The number of ether oxygens (including phenoxy) is 2. The lowest BCUT2D eigenvalue weighted by Crippen LogP contribution is -2.33. The van der Waals surface area contributed by atoms with Crippen LogP contribution in [0.4, 0.5) is 5.69 Å². The van der Waals surface area contributed by atoms with E-state index in [-0.39, 0.29) is 29.3 Å². The second-order valence-electron chi connectivity index (χ2n) is 6.89. The standard InChI is InChI=1S/C22H18N2O7S/c1-30-17-9-6-15(7-10-17)19-14-16(24(26)27)8-11-20(19)31-13-12-23-22(25)18-4-2-3-5-21(18)32(23,28)29/h2-11,14H,12-13H2,1H3. The number of nitro groups is 1. The van der Waals surface area contributed by atoms with Crippen LogP contribution in [0.15, 0.2) is 71.6 Å². The topological polar surface area (TPSA) is 116 Å². The number of hydrogen-bond donors (Lipinski definition) is 0. The molecule has 4 rings (SSSR count). The number of methoxy groups -OCH3 is 1. The first-order chi connectivity index (χ1) is 15.3. The van der Waals surface area contributed by atoms with E-state index in [1.165, 1.54) is 37.4 Å². The summed E-state index contributed by atoms with van der Waals surface area (Å²) in [6, 6.07) is 17.0. The van der Waals surface area contributed by atoms with E-state index < -0.39 is 20.9 Å². The highest BCUT2D eigenvalue weighted by molar-refractivity contribution is 7.90. The molecule has 0 saturated heterocycles. The van der Waals surface area contributed by atoms with E-state index in [0.29, 0.717) is 22.6 Å². The third kappa shape index (κ3) is 3.76. The largest absolute Gasteiger partial charge is 0.497 e. The van der Waals surface area contributed by atoms with Crippen LogP contribution in [0.1, 0.15) is 10.4 Å². The molecule has 0 spiro atoms. The Morgan fingerprint density at radius 1 is 1.00 bits per heavy atom. The van der Waals surface area contributed by atoms with Crippen molar-refractivity contribution in [1.29, 1.82) is 0 Å². The molecule has 0 bridgehead atoms. The number of nitrogens with zero attached hydrogens (tertiary/aromatic N) is 2. The summed E-state index contributed by atoms with van der Waals surface area (Å²) in [5.41, 5.74) is 1.13. The van der Waals surface area contributed by atoms with E-state index >= 15 is 0 Å². The van der Waals surface area contributed by atoms with Crippen molar-refractivity contribution < 1.29 is 27.6 Å². The summed E-state index contributed by atoms with van der Waals surface area (Å²) in [6.07, 6.45) is 0. The molecular formula is C22H18N2O7S. The van der Waals surface area contributed by atoms with Crippen molar-refractivity contribution in [2.75, 3.05) is 20.3 Å². The molecule has 164 valence electrons. The number of rotatable bonds is 7. The summed E-state index contributed by atoms with van der Waals surface area (Å²) in [4.78, 5) is 23.2. The van der Waals surface area contributed by atoms with Gasteiger partial charge in [-0.25, -0.2) is 12.7 Å². The minimum Gasteiger partial charge on any atom is -0.497 e. The summed E-state index contributed by atoms with van der Waals surface area (Å²) in [5, 5.41) is 11.2. The zero-order chi connectivity index (χ0) is 22.9. The van der Waals surface area contributed by atoms with Crippen LogP contribution in [-0.4, -0.2) is 43.8 Å². The van der Waals surface area contributed by atoms with Gasteiger partial charge in [0.2, 0.25) is 0 Å². The molecule has 3 aromatic carbocycles. The molecular weight excluding hydrogens is 436 g/mol. The number of sulfonamides is 1. The molecule has 0 saturated carbocycles. The van der Waals surface area contributed by atoms with Gasteiger partial charge in [-0.3, -0.25) is 14.9 Å². The number of fused-ring (bicyclic) bond motifs is 1. The van der Waals surface area contributed by atoms with Crippen LogP contribution in [-0.2, 0) is 10.0 Å². The fourth-order valence-corrected chi connectivity index (χ4v) is 5.00. The molecule has 0 N–H and O–H groups in total. The molecule has 1 amide bonds.